The molecular formula is C18H26N2O4S. The van der Waals surface area contributed by atoms with Gasteiger partial charge in [-0.3, -0.25) is 4.79 Å². The quantitative estimate of drug-likeness (QED) is 0.837. The van der Waals surface area contributed by atoms with Crippen LogP contribution in [0, 0.1) is 0 Å². The van der Waals surface area contributed by atoms with Crippen molar-refractivity contribution in [1.29, 1.82) is 0 Å². The first-order valence-corrected chi connectivity index (χ1v) is 10.4. The van der Waals surface area contributed by atoms with Gasteiger partial charge < -0.3 is 9.64 Å². The molecule has 0 spiro atoms. The molecule has 0 bridgehead atoms. The van der Waals surface area contributed by atoms with Crippen molar-refractivity contribution in [3.8, 4) is 0 Å². The van der Waals surface area contributed by atoms with Crippen LogP contribution in [-0.4, -0.2) is 51.6 Å². The van der Waals surface area contributed by atoms with E-state index in [-0.39, 0.29) is 22.9 Å². The minimum atomic E-state index is -3.57. The Morgan fingerprint density at radius 3 is 2.68 bits per heavy atom. The Morgan fingerprint density at radius 2 is 2.04 bits per heavy atom. The van der Waals surface area contributed by atoms with Crippen LogP contribution in [-0.2, 0) is 14.8 Å². The molecule has 0 aromatic heterocycles. The highest BCUT2D eigenvalue weighted by Gasteiger charge is 2.26. The topological polar surface area (TPSA) is 75.7 Å². The van der Waals surface area contributed by atoms with E-state index in [0.717, 1.165) is 45.1 Å². The Labute approximate surface area is 149 Å². The molecule has 138 valence electrons. The Balaban J connectivity index is 1.68. The minimum absolute atomic E-state index is 0.0236. The highest BCUT2D eigenvalue weighted by Crippen LogP contribution is 2.22. The van der Waals surface area contributed by atoms with Crippen molar-refractivity contribution in [2.75, 3.05) is 20.2 Å². The number of benzene rings is 1. The highest BCUT2D eigenvalue weighted by molar-refractivity contribution is 7.89. The molecule has 1 amide bonds. The second kappa shape index (κ2) is 7.85. The second-order valence-corrected chi connectivity index (χ2v) is 8.67. The molecule has 0 unspecified atom stereocenters. The Morgan fingerprint density at radius 1 is 1.24 bits per heavy atom. The van der Waals surface area contributed by atoms with E-state index in [1.807, 2.05) is 0 Å². The number of hydrogen-bond acceptors (Lipinski definition) is 4. The molecule has 1 aliphatic carbocycles. The summed E-state index contributed by atoms with van der Waals surface area (Å²) in [7, 11) is -1.84. The van der Waals surface area contributed by atoms with E-state index in [9.17, 15) is 13.2 Å². The van der Waals surface area contributed by atoms with E-state index in [1.165, 1.54) is 12.1 Å². The first-order chi connectivity index (χ1) is 12.0. The summed E-state index contributed by atoms with van der Waals surface area (Å²) in [5.74, 6) is -0.185. The number of likely N-dealkylation sites (N-methyl/N-ethyl adjacent to an activating group) is 1. The Kier molecular flexibility index (Phi) is 5.76. The monoisotopic (exact) mass is 366 g/mol. The summed E-state index contributed by atoms with van der Waals surface area (Å²) >= 11 is 0. The van der Waals surface area contributed by atoms with Gasteiger partial charge in [0.2, 0.25) is 10.0 Å². The molecule has 1 aromatic rings. The lowest BCUT2D eigenvalue weighted by molar-refractivity contribution is -0.000192. The molecule has 1 saturated carbocycles. The van der Waals surface area contributed by atoms with Crippen molar-refractivity contribution in [2.45, 2.75) is 55.6 Å². The van der Waals surface area contributed by atoms with Crippen molar-refractivity contribution in [1.82, 2.24) is 9.62 Å². The van der Waals surface area contributed by atoms with Gasteiger partial charge in [0.25, 0.3) is 5.91 Å². The van der Waals surface area contributed by atoms with Crippen molar-refractivity contribution in [2.24, 2.45) is 0 Å². The fourth-order valence-electron chi connectivity index (χ4n) is 3.17. The Bertz CT molecular complexity index is 710. The lowest BCUT2D eigenvalue weighted by Crippen LogP contribution is -2.39. The van der Waals surface area contributed by atoms with Crippen LogP contribution in [0.15, 0.2) is 29.2 Å². The smallest absolute Gasteiger partial charge is 0.253 e. The number of carbonyl (C=O) groups excluding carboxylic acids is 1. The second-order valence-electron chi connectivity index (χ2n) is 6.95. The maximum atomic E-state index is 12.6. The fourth-order valence-corrected chi connectivity index (χ4v) is 4.52. The third kappa shape index (κ3) is 4.59. The zero-order valence-electron chi connectivity index (χ0n) is 14.6. The molecule has 1 saturated heterocycles. The number of carbonyl (C=O) groups is 1. The number of amides is 1. The first kappa shape index (κ1) is 18.4. The van der Waals surface area contributed by atoms with Crippen LogP contribution in [0.1, 0.15) is 48.9 Å². The van der Waals surface area contributed by atoms with Crippen molar-refractivity contribution >= 4 is 15.9 Å². The summed E-state index contributed by atoms with van der Waals surface area (Å²) in [4.78, 5) is 14.4. The third-order valence-electron chi connectivity index (χ3n) is 4.92. The molecule has 2 aliphatic rings. The summed E-state index contributed by atoms with van der Waals surface area (Å²) in [5.41, 5.74) is 0.384. The van der Waals surface area contributed by atoms with Crippen LogP contribution >= 0.6 is 0 Å². The van der Waals surface area contributed by atoms with Gasteiger partial charge in [0.15, 0.2) is 0 Å². The molecule has 2 fully saturated rings. The van der Waals surface area contributed by atoms with Gasteiger partial charge in [0.1, 0.15) is 0 Å². The molecule has 0 radical (unpaired) electrons. The molecule has 1 aromatic carbocycles. The van der Waals surface area contributed by atoms with E-state index >= 15 is 0 Å². The van der Waals surface area contributed by atoms with Gasteiger partial charge in [-0.25, -0.2) is 13.1 Å². The molecule has 25 heavy (non-hydrogen) atoms. The standard InChI is InChI=1S/C18H26N2O4S/c1-20(13-16-9-2-3-11-24-16)18(21)14-6-4-10-17(12-14)25(22,23)19-15-7-5-8-15/h4,6,10,12,15-16,19H,2-3,5,7-9,11,13H2,1H3/t16-/m0/s1. The SMILES string of the molecule is CN(C[C@@H]1CCCCO1)C(=O)c1cccc(S(=O)(=O)NC2CCC2)c1. The lowest BCUT2D eigenvalue weighted by atomic mass is 9.94. The maximum Gasteiger partial charge on any atom is 0.253 e. The minimum Gasteiger partial charge on any atom is -0.376 e. The van der Waals surface area contributed by atoms with E-state index in [1.54, 1.807) is 24.1 Å². The zero-order valence-corrected chi connectivity index (χ0v) is 15.4. The van der Waals surface area contributed by atoms with E-state index < -0.39 is 10.0 Å². The number of nitrogens with one attached hydrogen (secondary N) is 1. The first-order valence-electron chi connectivity index (χ1n) is 8.95. The molecule has 3 rings (SSSR count). The summed E-state index contributed by atoms with van der Waals surface area (Å²) in [6.07, 6.45) is 6.02. The molecule has 1 heterocycles. The van der Waals surface area contributed by atoms with E-state index in [4.69, 9.17) is 4.74 Å². The summed E-state index contributed by atoms with van der Waals surface area (Å²) in [6, 6.07) is 6.29. The van der Waals surface area contributed by atoms with Gasteiger partial charge >= 0.3 is 0 Å². The van der Waals surface area contributed by atoms with Crippen LogP contribution in [0.4, 0.5) is 0 Å². The molecule has 1 N–H and O–H groups in total. The highest BCUT2D eigenvalue weighted by atomic mass is 32.2. The fraction of sp³-hybridized carbons (Fsp3) is 0.611. The van der Waals surface area contributed by atoms with Crippen LogP contribution in [0.25, 0.3) is 0 Å². The van der Waals surface area contributed by atoms with Crippen LogP contribution < -0.4 is 4.72 Å². The molecule has 1 aliphatic heterocycles. The average Bonchev–Trinajstić information content (AvgIpc) is 2.58. The van der Waals surface area contributed by atoms with Crippen molar-refractivity contribution in [3.05, 3.63) is 29.8 Å². The van der Waals surface area contributed by atoms with Gasteiger partial charge in [-0.15, -0.1) is 0 Å². The number of nitrogens with zero attached hydrogens (tertiary/aromatic N) is 1. The summed E-state index contributed by atoms with van der Waals surface area (Å²) in [6.45, 7) is 1.27. The third-order valence-corrected chi connectivity index (χ3v) is 6.43. The summed E-state index contributed by atoms with van der Waals surface area (Å²) < 4.78 is 33.3. The van der Waals surface area contributed by atoms with Crippen LogP contribution in [0.3, 0.4) is 0 Å². The number of hydrogen-bond donors (Lipinski definition) is 1. The molecule has 7 heteroatoms. The Hall–Kier alpha value is -1.44. The molecule has 1 atom stereocenters. The molecular weight excluding hydrogens is 340 g/mol. The molecule has 6 nitrogen and oxygen atoms in total. The summed E-state index contributed by atoms with van der Waals surface area (Å²) in [5, 5.41) is 0. The van der Waals surface area contributed by atoms with Crippen LogP contribution in [0.5, 0.6) is 0 Å². The van der Waals surface area contributed by atoms with Crippen molar-refractivity contribution < 1.29 is 17.9 Å². The zero-order chi connectivity index (χ0) is 17.9. The largest absolute Gasteiger partial charge is 0.376 e. The predicted octanol–water partition coefficient (Wildman–Crippen LogP) is 2.16. The van der Waals surface area contributed by atoms with Gasteiger partial charge in [0, 0.05) is 31.8 Å². The van der Waals surface area contributed by atoms with Gasteiger partial charge in [-0.1, -0.05) is 12.5 Å². The van der Waals surface area contributed by atoms with Gasteiger partial charge in [-0.05, 0) is 50.3 Å². The number of sulfonamides is 1. The number of ether oxygens (including phenoxy) is 1. The van der Waals surface area contributed by atoms with Crippen molar-refractivity contribution in [3.63, 3.8) is 0 Å². The van der Waals surface area contributed by atoms with E-state index in [2.05, 4.69) is 4.72 Å². The van der Waals surface area contributed by atoms with E-state index in [0.29, 0.717) is 12.1 Å². The van der Waals surface area contributed by atoms with Gasteiger partial charge in [0.05, 0.1) is 11.0 Å². The van der Waals surface area contributed by atoms with Crippen LogP contribution in [0.2, 0.25) is 0 Å². The number of rotatable bonds is 6. The average molecular weight is 366 g/mol. The maximum absolute atomic E-state index is 12.6. The normalized spacial score (nSPS) is 21.6. The lowest BCUT2D eigenvalue weighted by Gasteiger charge is -2.28. The predicted molar refractivity (Wildman–Crippen MR) is 95.0 cm³/mol. The van der Waals surface area contributed by atoms with Gasteiger partial charge in [-0.2, -0.15) is 0 Å².